The molecule has 0 spiro atoms. The van der Waals surface area contributed by atoms with Gasteiger partial charge in [0.2, 0.25) is 0 Å². The van der Waals surface area contributed by atoms with E-state index in [9.17, 15) is 4.79 Å². The summed E-state index contributed by atoms with van der Waals surface area (Å²) in [6.45, 7) is 4.27. The van der Waals surface area contributed by atoms with Crippen molar-refractivity contribution in [3.63, 3.8) is 0 Å². The first-order valence-electron chi connectivity index (χ1n) is 6.43. The van der Waals surface area contributed by atoms with Crippen LogP contribution in [0.3, 0.4) is 0 Å². The molecule has 19 heavy (non-hydrogen) atoms. The van der Waals surface area contributed by atoms with Crippen molar-refractivity contribution in [1.29, 1.82) is 0 Å². The van der Waals surface area contributed by atoms with Crippen molar-refractivity contribution in [1.82, 2.24) is 0 Å². The van der Waals surface area contributed by atoms with E-state index < -0.39 is 0 Å². The molecule has 1 heterocycles. The number of carbonyl (C=O) groups excluding carboxylic acids is 1. The molecule has 100 valence electrons. The average Bonchev–Trinajstić information content (AvgIpc) is 2.92. The van der Waals surface area contributed by atoms with Crippen molar-refractivity contribution in [3.8, 4) is 0 Å². The standard InChI is InChI=1S/C16H18OS2/c1-12-7-8-14(11-13(12)2)18-9-3-5-15(17)16-6-4-10-19-16/h4,6-8,10-11H,3,5,9H2,1-2H3. The summed E-state index contributed by atoms with van der Waals surface area (Å²) in [4.78, 5) is 14.0. The minimum Gasteiger partial charge on any atom is -0.293 e. The predicted molar refractivity (Wildman–Crippen MR) is 84.5 cm³/mol. The third-order valence-corrected chi connectivity index (χ3v) is 5.08. The Morgan fingerprint density at radius 3 is 2.74 bits per heavy atom. The van der Waals surface area contributed by atoms with Gasteiger partial charge in [-0.2, -0.15) is 0 Å². The SMILES string of the molecule is Cc1ccc(SCCCC(=O)c2cccs2)cc1C. The number of aryl methyl sites for hydroxylation is 2. The zero-order valence-electron chi connectivity index (χ0n) is 11.3. The molecule has 1 nitrogen and oxygen atoms in total. The van der Waals surface area contributed by atoms with Crippen LogP contribution in [-0.4, -0.2) is 11.5 Å². The van der Waals surface area contributed by atoms with E-state index in [2.05, 4.69) is 32.0 Å². The summed E-state index contributed by atoms with van der Waals surface area (Å²) >= 11 is 3.37. The van der Waals surface area contributed by atoms with Crippen LogP contribution in [0.15, 0.2) is 40.6 Å². The molecule has 0 unspecified atom stereocenters. The molecule has 0 atom stereocenters. The lowest BCUT2D eigenvalue weighted by molar-refractivity contribution is 0.0986. The topological polar surface area (TPSA) is 17.1 Å². The summed E-state index contributed by atoms with van der Waals surface area (Å²) < 4.78 is 0. The normalized spacial score (nSPS) is 10.6. The monoisotopic (exact) mass is 290 g/mol. The molecule has 0 bridgehead atoms. The van der Waals surface area contributed by atoms with Crippen molar-refractivity contribution in [2.24, 2.45) is 0 Å². The Bertz CT molecular complexity index is 544. The molecule has 0 saturated carbocycles. The second-order valence-corrected chi connectivity index (χ2v) is 6.71. The number of benzene rings is 1. The van der Waals surface area contributed by atoms with Gasteiger partial charge in [-0.05, 0) is 60.7 Å². The number of hydrogen-bond acceptors (Lipinski definition) is 3. The first-order chi connectivity index (χ1) is 9.16. The van der Waals surface area contributed by atoms with Crippen LogP contribution in [0.25, 0.3) is 0 Å². The Balaban J connectivity index is 1.75. The third kappa shape index (κ3) is 4.22. The molecular formula is C16H18OS2. The quantitative estimate of drug-likeness (QED) is 0.417. The molecule has 0 aliphatic carbocycles. The molecule has 0 radical (unpaired) electrons. The van der Waals surface area contributed by atoms with Crippen LogP contribution in [0.4, 0.5) is 0 Å². The van der Waals surface area contributed by atoms with Crippen LogP contribution in [0.2, 0.25) is 0 Å². The number of thioether (sulfide) groups is 1. The highest BCUT2D eigenvalue weighted by molar-refractivity contribution is 7.99. The minimum atomic E-state index is 0.274. The molecule has 3 heteroatoms. The number of thiophene rings is 1. The molecule has 1 aromatic carbocycles. The van der Waals surface area contributed by atoms with Crippen molar-refractivity contribution in [2.45, 2.75) is 31.6 Å². The maximum atomic E-state index is 11.8. The second kappa shape index (κ2) is 6.92. The number of hydrogen-bond donors (Lipinski definition) is 0. The smallest absolute Gasteiger partial charge is 0.172 e. The van der Waals surface area contributed by atoms with Crippen LogP contribution < -0.4 is 0 Å². The third-order valence-electron chi connectivity index (χ3n) is 3.09. The number of rotatable bonds is 6. The lowest BCUT2D eigenvalue weighted by Gasteiger charge is -2.04. The van der Waals surface area contributed by atoms with E-state index in [4.69, 9.17) is 0 Å². The van der Waals surface area contributed by atoms with Gasteiger partial charge in [0.05, 0.1) is 4.88 Å². The van der Waals surface area contributed by atoms with Crippen LogP contribution in [0.1, 0.15) is 33.6 Å². The average molecular weight is 290 g/mol. The van der Waals surface area contributed by atoms with Crippen LogP contribution in [0, 0.1) is 13.8 Å². The maximum absolute atomic E-state index is 11.8. The summed E-state index contributed by atoms with van der Waals surface area (Å²) in [5.74, 6) is 1.27. The predicted octanol–water partition coefficient (Wildman–Crippen LogP) is 5.12. The molecule has 0 N–H and O–H groups in total. The van der Waals surface area contributed by atoms with Crippen molar-refractivity contribution < 1.29 is 4.79 Å². The highest BCUT2D eigenvalue weighted by Gasteiger charge is 2.06. The first kappa shape index (κ1) is 14.4. The van der Waals surface area contributed by atoms with Crippen molar-refractivity contribution in [2.75, 3.05) is 5.75 Å². The number of ketones is 1. The van der Waals surface area contributed by atoms with E-state index >= 15 is 0 Å². The van der Waals surface area contributed by atoms with Crippen molar-refractivity contribution in [3.05, 3.63) is 51.7 Å². The van der Waals surface area contributed by atoms with Crippen LogP contribution in [-0.2, 0) is 0 Å². The van der Waals surface area contributed by atoms with Gasteiger partial charge in [0.15, 0.2) is 5.78 Å². The van der Waals surface area contributed by atoms with Gasteiger partial charge in [0.25, 0.3) is 0 Å². The molecule has 2 rings (SSSR count). The molecule has 0 amide bonds. The van der Waals surface area contributed by atoms with Gasteiger partial charge in [-0.3, -0.25) is 4.79 Å². The van der Waals surface area contributed by atoms with Gasteiger partial charge >= 0.3 is 0 Å². The molecule has 0 saturated heterocycles. The number of Topliss-reactive ketones (excluding diaryl/α,β-unsaturated/α-hetero) is 1. The van der Waals surface area contributed by atoms with Crippen molar-refractivity contribution >= 4 is 28.9 Å². The Kier molecular flexibility index (Phi) is 5.23. The molecule has 0 aliphatic rings. The van der Waals surface area contributed by atoms with Crippen LogP contribution in [0.5, 0.6) is 0 Å². The summed E-state index contributed by atoms with van der Waals surface area (Å²) in [7, 11) is 0. The van der Waals surface area contributed by atoms with Crippen LogP contribution >= 0.6 is 23.1 Å². The second-order valence-electron chi connectivity index (χ2n) is 4.60. The van der Waals surface area contributed by atoms with Gasteiger partial charge < -0.3 is 0 Å². The largest absolute Gasteiger partial charge is 0.293 e. The van der Waals surface area contributed by atoms with Gasteiger partial charge in [0, 0.05) is 11.3 Å². The number of carbonyl (C=O) groups is 1. The molecular weight excluding hydrogens is 272 g/mol. The lowest BCUT2D eigenvalue weighted by Crippen LogP contribution is -1.96. The van der Waals surface area contributed by atoms with E-state index in [-0.39, 0.29) is 5.78 Å². The molecule has 2 aromatic rings. The van der Waals surface area contributed by atoms with Gasteiger partial charge in [-0.15, -0.1) is 23.1 Å². The summed E-state index contributed by atoms with van der Waals surface area (Å²) in [6, 6.07) is 10.4. The fourth-order valence-corrected chi connectivity index (χ4v) is 3.43. The molecule has 0 aliphatic heterocycles. The zero-order valence-corrected chi connectivity index (χ0v) is 12.9. The van der Waals surface area contributed by atoms with E-state index in [1.807, 2.05) is 29.3 Å². The Labute approximate surface area is 123 Å². The Morgan fingerprint density at radius 2 is 2.05 bits per heavy atom. The summed E-state index contributed by atoms with van der Waals surface area (Å²) in [6.07, 6.45) is 1.59. The minimum absolute atomic E-state index is 0.274. The maximum Gasteiger partial charge on any atom is 0.172 e. The summed E-state index contributed by atoms with van der Waals surface area (Å²) in [5, 5.41) is 1.96. The fraction of sp³-hybridized carbons (Fsp3) is 0.312. The van der Waals surface area contributed by atoms with Gasteiger partial charge in [-0.25, -0.2) is 0 Å². The van der Waals surface area contributed by atoms with E-state index in [0.29, 0.717) is 6.42 Å². The van der Waals surface area contributed by atoms with E-state index in [1.165, 1.54) is 27.4 Å². The fourth-order valence-electron chi connectivity index (χ4n) is 1.79. The Hall–Kier alpha value is -1.06. The highest BCUT2D eigenvalue weighted by atomic mass is 32.2. The van der Waals surface area contributed by atoms with Gasteiger partial charge in [0.1, 0.15) is 0 Å². The van der Waals surface area contributed by atoms with E-state index in [0.717, 1.165) is 17.1 Å². The summed E-state index contributed by atoms with van der Waals surface area (Å²) in [5.41, 5.74) is 2.66. The lowest BCUT2D eigenvalue weighted by atomic mass is 10.1. The van der Waals surface area contributed by atoms with E-state index in [1.54, 1.807) is 0 Å². The Morgan fingerprint density at radius 1 is 1.21 bits per heavy atom. The molecule has 1 aromatic heterocycles. The molecule has 0 fully saturated rings. The van der Waals surface area contributed by atoms with Gasteiger partial charge in [-0.1, -0.05) is 12.1 Å². The first-order valence-corrected chi connectivity index (χ1v) is 8.30. The highest BCUT2D eigenvalue weighted by Crippen LogP contribution is 2.22. The zero-order chi connectivity index (χ0) is 13.7.